The molecular weight excluding hydrogens is 464 g/mol. The number of methoxy groups -OCH3 is 1. The number of fused-ring (bicyclic) bond motifs is 1. The van der Waals surface area contributed by atoms with Gasteiger partial charge in [-0.3, -0.25) is 24.6 Å². The van der Waals surface area contributed by atoms with E-state index in [1.54, 1.807) is 12.1 Å². The minimum absolute atomic E-state index is 0.154. The molecule has 3 aromatic rings. The van der Waals surface area contributed by atoms with Crippen molar-refractivity contribution in [1.82, 2.24) is 10.2 Å². The van der Waals surface area contributed by atoms with Gasteiger partial charge in [0.1, 0.15) is 5.54 Å². The van der Waals surface area contributed by atoms with E-state index in [1.807, 2.05) is 72.8 Å². The first-order valence-electron chi connectivity index (χ1n) is 11.5. The Hall–Kier alpha value is -3.48. The Labute approximate surface area is 208 Å². The summed E-state index contributed by atoms with van der Waals surface area (Å²) in [7, 11) is 1.31. The number of hydrogen-bond acceptors (Lipinski definition) is 5. The second-order valence-corrected chi connectivity index (χ2v) is 9.49. The van der Waals surface area contributed by atoms with Crippen molar-refractivity contribution in [3.63, 3.8) is 0 Å². The summed E-state index contributed by atoms with van der Waals surface area (Å²) in [5.74, 6) is -2.89. The van der Waals surface area contributed by atoms with E-state index in [1.165, 1.54) is 12.0 Å². The highest BCUT2D eigenvalue weighted by Gasteiger charge is 2.68. The average molecular weight is 489 g/mol. The zero-order valence-electron chi connectivity index (χ0n) is 19.2. The van der Waals surface area contributed by atoms with Gasteiger partial charge in [-0.25, -0.2) is 0 Å². The number of likely N-dealkylation sites (tertiary alicyclic amines) is 1. The van der Waals surface area contributed by atoms with Gasteiger partial charge in [-0.15, -0.1) is 0 Å². The van der Waals surface area contributed by atoms with Gasteiger partial charge in [-0.2, -0.15) is 0 Å². The number of nitrogens with zero attached hydrogens (tertiary/aromatic N) is 1. The molecule has 0 spiro atoms. The Kier molecular flexibility index (Phi) is 6.17. The molecule has 2 heterocycles. The molecule has 35 heavy (non-hydrogen) atoms. The first-order chi connectivity index (χ1) is 16.9. The molecule has 4 atom stereocenters. The van der Waals surface area contributed by atoms with Gasteiger partial charge in [0, 0.05) is 17.5 Å². The molecule has 0 radical (unpaired) electrons. The maximum Gasteiger partial charge on any atom is 0.327 e. The van der Waals surface area contributed by atoms with Crippen molar-refractivity contribution < 1.29 is 19.1 Å². The number of imide groups is 1. The number of benzene rings is 3. The van der Waals surface area contributed by atoms with Crippen LogP contribution in [0, 0.1) is 11.8 Å². The Morgan fingerprint density at radius 2 is 1.51 bits per heavy atom. The lowest BCUT2D eigenvalue weighted by molar-refractivity contribution is -0.154. The number of carbonyl (C=O) groups is 3. The fourth-order valence-electron chi connectivity index (χ4n) is 5.46. The molecule has 1 N–H and O–H groups in total. The largest absolute Gasteiger partial charge is 0.468 e. The number of ether oxygens (including phenoxy) is 1. The number of amides is 2. The van der Waals surface area contributed by atoms with E-state index in [9.17, 15) is 14.4 Å². The number of halogens is 1. The van der Waals surface area contributed by atoms with Crippen LogP contribution in [0.15, 0.2) is 84.9 Å². The molecule has 3 aromatic carbocycles. The molecule has 0 aromatic heterocycles. The summed E-state index contributed by atoms with van der Waals surface area (Å²) in [4.78, 5) is 42.4. The molecule has 0 saturated carbocycles. The molecule has 6 nitrogen and oxygen atoms in total. The molecule has 2 fully saturated rings. The van der Waals surface area contributed by atoms with Crippen LogP contribution in [0.3, 0.4) is 0 Å². The molecule has 0 aliphatic carbocycles. The van der Waals surface area contributed by atoms with Crippen LogP contribution in [-0.4, -0.2) is 35.3 Å². The normalized spacial score (nSPS) is 25.5. The highest BCUT2D eigenvalue weighted by atomic mass is 35.5. The number of carbonyl (C=O) groups excluding carboxylic acids is 3. The summed E-state index contributed by atoms with van der Waals surface area (Å²) >= 11 is 6.11. The summed E-state index contributed by atoms with van der Waals surface area (Å²) in [5, 5.41) is 3.96. The van der Waals surface area contributed by atoms with E-state index >= 15 is 0 Å². The standard InChI is InChI=1S/C28H25ClN2O4/c1-35-27(34)28(16-18-8-4-2-5-9-18)23-22(24(30-28)20-12-14-21(29)15-13-20)25(32)31(26(23)33)17-19-10-6-3-7-11-19/h2-15,22-24,30H,16-17H2,1H3/t22-,23-,24-,28+/m0/s1. The summed E-state index contributed by atoms with van der Waals surface area (Å²) in [6.07, 6.45) is 0.212. The predicted octanol–water partition coefficient (Wildman–Crippen LogP) is 3.94. The third-order valence-corrected chi connectivity index (χ3v) is 7.29. The first kappa shape index (κ1) is 23.3. The molecule has 2 amide bonds. The summed E-state index contributed by atoms with van der Waals surface area (Å²) in [6, 6.07) is 25.4. The monoisotopic (exact) mass is 488 g/mol. The highest BCUT2D eigenvalue weighted by Crippen LogP contribution is 2.50. The quantitative estimate of drug-likeness (QED) is 0.420. The zero-order chi connectivity index (χ0) is 24.6. The summed E-state index contributed by atoms with van der Waals surface area (Å²) in [5.41, 5.74) is 1.09. The molecule has 0 bridgehead atoms. The SMILES string of the molecule is COC(=O)[C@]1(Cc2ccccc2)N[C@@H](c2ccc(Cl)cc2)[C@H]2C(=O)N(Cc3ccccc3)C(=O)[C@H]21. The molecule has 7 heteroatoms. The fourth-order valence-corrected chi connectivity index (χ4v) is 5.59. The molecule has 178 valence electrons. The van der Waals surface area contributed by atoms with E-state index in [2.05, 4.69) is 5.32 Å². The maximum atomic E-state index is 13.9. The van der Waals surface area contributed by atoms with Crippen LogP contribution in [0.2, 0.25) is 5.02 Å². The van der Waals surface area contributed by atoms with E-state index in [0.29, 0.717) is 5.02 Å². The van der Waals surface area contributed by atoms with Gasteiger partial charge in [-0.1, -0.05) is 84.4 Å². The van der Waals surface area contributed by atoms with Crippen LogP contribution in [0.25, 0.3) is 0 Å². The van der Waals surface area contributed by atoms with Gasteiger partial charge in [0.2, 0.25) is 11.8 Å². The van der Waals surface area contributed by atoms with Gasteiger partial charge in [0.05, 0.1) is 25.5 Å². The maximum absolute atomic E-state index is 13.9. The van der Waals surface area contributed by atoms with Gasteiger partial charge >= 0.3 is 5.97 Å². The third kappa shape index (κ3) is 4.03. The van der Waals surface area contributed by atoms with Crippen molar-refractivity contribution in [3.8, 4) is 0 Å². The topological polar surface area (TPSA) is 75.7 Å². The second kappa shape index (κ2) is 9.29. The van der Waals surface area contributed by atoms with E-state index in [0.717, 1.165) is 16.7 Å². The Morgan fingerprint density at radius 3 is 2.11 bits per heavy atom. The highest BCUT2D eigenvalue weighted by molar-refractivity contribution is 6.30. The van der Waals surface area contributed by atoms with Crippen molar-refractivity contribution in [2.75, 3.05) is 7.11 Å². The number of rotatable bonds is 6. The number of hydrogen-bond donors (Lipinski definition) is 1. The van der Waals surface area contributed by atoms with Crippen molar-refractivity contribution in [3.05, 3.63) is 107 Å². The van der Waals surface area contributed by atoms with Gasteiger partial charge < -0.3 is 4.74 Å². The third-order valence-electron chi connectivity index (χ3n) is 7.03. The van der Waals surface area contributed by atoms with Gasteiger partial charge in [-0.05, 0) is 28.8 Å². The Morgan fingerprint density at radius 1 is 0.914 bits per heavy atom. The molecular formula is C28H25ClN2O4. The van der Waals surface area contributed by atoms with Crippen molar-refractivity contribution in [1.29, 1.82) is 0 Å². The smallest absolute Gasteiger partial charge is 0.327 e. The Balaban J connectivity index is 1.62. The van der Waals surface area contributed by atoms with E-state index in [4.69, 9.17) is 16.3 Å². The second-order valence-electron chi connectivity index (χ2n) is 9.05. The lowest BCUT2D eigenvalue weighted by Gasteiger charge is -2.32. The van der Waals surface area contributed by atoms with E-state index in [-0.39, 0.29) is 24.8 Å². The Bertz CT molecular complexity index is 1250. The molecule has 5 rings (SSSR count). The van der Waals surface area contributed by atoms with Crippen LogP contribution in [0.4, 0.5) is 0 Å². The molecule has 2 aliphatic heterocycles. The van der Waals surface area contributed by atoms with Crippen molar-refractivity contribution in [2.24, 2.45) is 11.8 Å². The molecule has 2 aliphatic rings. The first-order valence-corrected chi connectivity index (χ1v) is 11.9. The molecule has 0 unspecified atom stereocenters. The van der Waals surface area contributed by atoms with Crippen LogP contribution in [0.5, 0.6) is 0 Å². The zero-order valence-corrected chi connectivity index (χ0v) is 19.9. The fraction of sp³-hybridized carbons (Fsp3) is 0.250. The molecule has 2 saturated heterocycles. The van der Waals surface area contributed by atoms with Crippen molar-refractivity contribution >= 4 is 29.4 Å². The lowest BCUT2D eigenvalue weighted by Crippen LogP contribution is -2.57. The van der Waals surface area contributed by atoms with Crippen molar-refractivity contribution in [2.45, 2.75) is 24.5 Å². The van der Waals surface area contributed by atoms with Gasteiger partial charge in [0.15, 0.2) is 0 Å². The average Bonchev–Trinajstić information content (AvgIpc) is 3.35. The van der Waals surface area contributed by atoms with Gasteiger partial charge in [0.25, 0.3) is 0 Å². The van der Waals surface area contributed by atoms with Crippen LogP contribution >= 0.6 is 11.6 Å². The predicted molar refractivity (Wildman–Crippen MR) is 131 cm³/mol. The van der Waals surface area contributed by atoms with Crippen LogP contribution in [0.1, 0.15) is 22.7 Å². The number of esters is 1. The summed E-state index contributed by atoms with van der Waals surface area (Å²) < 4.78 is 5.25. The minimum Gasteiger partial charge on any atom is -0.468 e. The number of nitrogens with one attached hydrogen (secondary N) is 1. The van der Waals surface area contributed by atoms with Crippen LogP contribution in [-0.2, 0) is 32.1 Å². The van der Waals surface area contributed by atoms with E-state index < -0.39 is 29.4 Å². The summed E-state index contributed by atoms with van der Waals surface area (Å²) in [6.45, 7) is 0.154. The minimum atomic E-state index is -1.40. The van der Waals surface area contributed by atoms with Crippen LogP contribution < -0.4 is 5.32 Å². The lowest BCUT2D eigenvalue weighted by atomic mass is 9.76.